The molecule has 122 valence electrons. The normalized spacial score (nSPS) is 17.9. The lowest BCUT2D eigenvalue weighted by Gasteiger charge is -2.18. The summed E-state index contributed by atoms with van der Waals surface area (Å²) in [7, 11) is 0. The summed E-state index contributed by atoms with van der Waals surface area (Å²) in [4.78, 5) is 8.60. The van der Waals surface area contributed by atoms with E-state index in [1.807, 2.05) is 0 Å². The number of nitrogens with one attached hydrogen (secondary N) is 1. The minimum Gasteiger partial charge on any atom is -0.354 e. The van der Waals surface area contributed by atoms with Crippen LogP contribution in [0.4, 0.5) is 5.69 Å². The first kappa shape index (κ1) is 13.9. The van der Waals surface area contributed by atoms with E-state index >= 15 is 0 Å². The Labute approximate surface area is 151 Å². The van der Waals surface area contributed by atoms with E-state index in [0.29, 0.717) is 0 Å². The Bertz CT molecular complexity index is 1280. The number of hydrogen-bond acceptors (Lipinski definition) is 1. The summed E-state index contributed by atoms with van der Waals surface area (Å²) in [6.45, 7) is 0. The maximum atomic E-state index is 4.98. The SMILES string of the molecule is C1=CC2C(=Nc3ccccc32)C(c2cccc3c2[nH]c2ccccc23)=C1. The van der Waals surface area contributed by atoms with Gasteiger partial charge in [-0.3, -0.25) is 4.99 Å². The van der Waals surface area contributed by atoms with E-state index in [-0.39, 0.29) is 5.92 Å². The number of fused-ring (bicyclic) bond motifs is 6. The van der Waals surface area contributed by atoms with Crippen LogP contribution in [-0.2, 0) is 0 Å². The molecule has 1 unspecified atom stereocenters. The molecule has 1 aliphatic heterocycles. The summed E-state index contributed by atoms with van der Waals surface area (Å²) in [5.74, 6) is 0.255. The second-order valence-corrected chi connectivity index (χ2v) is 6.90. The van der Waals surface area contributed by atoms with Gasteiger partial charge in [0.25, 0.3) is 0 Å². The number of H-pyrrole nitrogens is 1. The van der Waals surface area contributed by atoms with Crippen LogP contribution in [-0.4, -0.2) is 10.7 Å². The van der Waals surface area contributed by atoms with Crippen LogP contribution in [0.3, 0.4) is 0 Å². The number of benzene rings is 3. The molecule has 0 spiro atoms. The number of para-hydroxylation sites is 3. The Hall–Kier alpha value is -3.39. The van der Waals surface area contributed by atoms with E-state index < -0.39 is 0 Å². The topological polar surface area (TPSA) is 28.1 Å². The molecule has 1 N–H and O–H groups in total. The Morgan fingerprint density at radius 2 is 1.65 bits per heavy atom. The van der Waals surface area contributed by atoms with Crippen LogP contribution in [0, 0.1) is 0 Å². The third-order valence-corrected chi connectivity index (χ3v) is 5.48. The van der Waals surface area contributed by atoms with Crippen molar-refractivity contribution in [2.45, 2.75) is 5.92 Å². The lowest BCUT2D eigenvalue weighted by Crippen LogP contribution is -2.11. The zero-order valence-corrected chi connectivity index (χ0v) is 14.1. The smallest absolute Gasteiger partial charge is 0.0675 e. The molecule has 1 atom stereocenters. The summed E-state index contributed by atoms with van der Waals surface area (Å²) in [6, 6.07) is 23.5. The van der Waals surface area contributed by atoms with Crippen molar-refractivity contribution in [3.63, 3.8) is 0 Å². The fourth-order valence-corrected chi connectivity index (χ4v) is 4.30. The first-order valence-electron chi connectivity index (χ1n) is 8.96. The number of allylic oxidation sites excluding steroid dienone is 4. The molecule has 0 bridgehead atoms. The summed E-state index contributed by atoms with van der Waals surface area (Å²) < 4.78 is 0. The summed E-state index contributed by atoms with van der Waals surface area (Å²) in [5.41, 5.74) is 8.34. The van der Waals surface area contributed by atoms with E-state index in [4.69, 9.17) is 4.99 Å². The monoisotopic (exact) mass is 332 g/mol. The van der Waals surface area contributed by atoms with Crippen LogP contribution in [0.5, 0.6) is 0 Å². The lowest BCUT2D eigenvalue weighted by molar-refractivity contribution is 1.19. The van der Waals surface area contributed by atoms with Crippen molar-refractivity contribution in [3.8, 4) is 0 Å². The van der Waals surface area contributed by atoms with Crippen molar-refractivity contribution in [3.05, 3.63) is 96.1 Å². The van der Waals surface area contributed by atoms with Gasteiger partial charge in [0.1, 0.15) is 0 Å². The molecule has 0 radical (unpaired) electrons. The van der Waals surface area contributed by atoms with Crippen molar-refractivity contribution in [2.24, 2.45) is 4.99 Å². The highest BCUT2D eigenvalue weighted by Crippen LogP contribution is 2.43. The maximum Gasteiger partial charge on any atom is 0.0675 e. The fraction of sp³-hybridized carbons (Fsp3) is 0.0417. The van der Waals surface area contributed by atoms with E-state index in [2.05, 4.69) is 89.9 Å². The first-order valence-corrected chi connectivity index (χ1v) is 8.96. The second-order valence-electron chi connectivity index (χ2n) is 6.90. The van der Waals surface area contributed by atoms with Crippen LogP contribution in [0.25, 0.3) is 27.4 Å². The molecule has 26 heavy (non-hydrogen) atoms. The molecule has 2 heterocycles. The second kappa shape index (κ2) is 5.06. The average molecular weight is 332 g/mol. The predicted octanol–water partition coefficient (Wildman–Crippen LogP) is 6.14. The molecule has 0 saturated heterocycles. The molecule has 2 nitrogen and oxygen atoms in total. The number of nitrogens with zero attached hydrogens (tertiary/aromatic N) is 1. The largest absolute Gasteiger partial charge is 0.354 e. The van der Waals surface area contributed by atoms with Gasteiger partial charge >= 0.3 is 0 Å². The highest BCUT2D eigenvalue weighted by molar-refractivity contribution is 6.33. The third-order valence-electron chi connectivity index (χ3n) is 5.48. The lowest BCUT2D eigenvalue weighted by atomic mass is 9.84. The van der Waals surface area contributed by atoms with Crippen molar-refractivity contribution >= 4 is 38.8 Å². The first-order chi connectivity index (χ1) is 12.9. The Kier molecular flexibility index (Phi) is 2.69. The zero-order chi connectivity index (χ0) is 17.1. The zero-order valence-electron chi connectivity index (χ0n) is 14.1. The van der Waals surface area contributed by atoms with Gasteiger partial charge < -0.3 is 4.98 Å². The average Bonchev–Trinajstić information content (AvgIpc) is 3.26. The molecule has 1 aliphatic carbocycles. The molecule has 2 heteroatoms. The molecule has 4 aromatic rings. The van der Waals surface area contributed by atoms with E-state index in [9.17, 15) is 0 Å². The van der Waals surface area contributed by atoms with Gasteiger partial charge in [-0.1, -0.05) is 72.8 Å². The Balaban J connectivity index is 1.60. The number of aliphatic imine (C=N–C) groups is 1. The van der Waals surface area contributed by atoms with E-state index in [1.165, 1.54) is 38.5 Å². The molecule has 0 fully saturated rings. The highest BCUT2D eigenvalue weighted by atomic mass is 14.8. The van der Waals surface area contributed by atoms with Crippen molar-refractivity contribution < 1.29 is 0 Å². The summed E-state index contributed by atoms with van der Waals surface area (Å²) in [5, 5.41) is 2.53. The van der Waals surface area contributed by atoms with Gasteiger partial charge in [-0.15, -0.1) is 0 Å². The summed E-state index contributed by atoms with van der Waals surface area (Å²) in [6.07, 6.45) is 6.61. The number of aromatic nitrogens is 1. The molecule has 2 aliphatic rings. The molecular weight excluding hydrogens is 316 g/mol. The van der Waals surface area contributed by atoms with Crippen molar-refractivity contribution in [2.75, 3.05) is 0 Å². The van der Waals surface area contributed by atoms with E-state index in [0.717, 1.165) is 11.4 Å². The Morgan fingerprint density at radius 1 is 0.808 bits per heavy atom. The Morgan fingerprint density at radius 3 is 2.65 bits per heavy atom. The molecule has 0 saturated carbocycles. The van der Waals surface area contributed by atoms with Crippen LogP contribution in [0.1, 0.15) is 17.0 Å². The molecule has 6 rings (SSSR count). The van der Waals surface area contributed by atoms with Gasteiger partial charge in [-0.05, 0) is 17.7 Å². The van der Waals surface area contributed by atoms with Gasteiger partial charge in [0.2, 0.25) is 0 Å². The van der Waals surface area contributed by atoms with Gasteiger partial charge in [0, 0.05) is 33.3 Å². The minimum absolute atomic E-state index is 0.255. The molecule has 3 aromatic carbocycles. The standard InChI is InChI=1S/C24H16N2/c1-3-13-21-15(7-1)17-9-5-11-19(23(17)25-21)20-12-6-10-18-16-8-2-4-14-22(16)26-24(18)20/h1-14,17,26H. The number of hydrogen-bond donors (Lipinski definition) is 1. The molecule has 0 amide bonds. The predicted molar refractivity (Wildman–Crippen MR) is 109 cm³/mol. The number of aromatic amines is 1. The van der Waals surface area contributed by atoms with E-state index in [1.54, 1.807) is 0 Å². The molecular formula is C24H16N2. The van der Waals surface area contributed by atoms with Crippen molar-refractivity contribution in [1.29, 1.82) is 0 Å². The van der Waals surface area contributed by atoms with Gasteiger partial charge in [-0.2, -0.15) is 0 Å². The van der Waals surface area contributed by atoms with Crippen LogP contribution in [0.2, 0.25) is 0 Å². The van der Waals surface area contributed by atoms with Gasteiger partial charge in [-0.25, -0.2) is 0 Å². The number of rotatable bonds is 1. The maximum absolute atomic E-state index is 4.98. The van der Waals surface area contributed by atoms with Crippen LogP contribution in [0.15, 0.2) is 90.0 Å². The van der Waals surface area contributed by atoms with Gasteiger partial charge in [0.05, 0.1) is 16.9 Å². The summed E-state index contributed by atoms with van der Waals surface area (Å²) >= 11 is 0. The quantitative estimate of drug-likeness (QED) is 0.433. The van der Waals surface area contributed by atoms with Gasteiger partial charge in [0.15, 0.2) is 0 Å². The van der Waals surface area contributed by atoms with Crippen molar-refractivity contribution in [1.82, 2.24) is 4.98 Å². The highest BCUT2D eigenvalue weighted by Gasteiger charge is 2.30. The van der Waals surface area contributed by atoms with Crippen LogP contribution < -0.4 is 0 Å². The third kappa shape index (κ3) is 1.79. The minimum atomic E-state index is 0.255. The van der Waals surface area contributed by atoms with Crippen LogP contribution >= 0.6 is 0 Å². The fourth-order valence-electron chi connectivity index (χ4n) is 4.30. The molecule has 1 aromatic heterocycles.